The Morgan fingerprint density at radius 2 is 1.04 bits per heavy atom. The molecule has 1 aromatic rings. The molecule has 7 atom stereocenters. The first-order chi connectivity index (χ1) is 33.4. The van der Waals surface area contributed by atoms with E-state index in [1.807, 2.05) is 18.2 Å². The standard InChI is InChI=1S/C56H100N4O9/c1-5-7-9-11-13-15-17-19-21-23-25-27-29-31-33-38-42-60(49(62)41-37-32-30-28-26-24-22-20-18-16-14-12-10-8-6-2)56(57)50(53(65)52(64)48(43-61)69-56)51(63)45(3)58-54(66)46(4)59-55(67)68-44-47-39-35-34-36-40-47/h34-36,39-40,45-46,48,50,52-53,61,64-65H,5-33,37-38,41-44,57H2,1-4H3,(H,58,66)(H,59,67)/t45-,46+,48+,50+,52+,53+,56-/m0/s1. The second-order valence-corrected chi connectivity index (χ2v) is 20.2. The van der Waals surface area contributed by atoms with E-state index in [0.29, 0.717) is 12.8 Å². The Kier molecular flexibility index (Phi) is 34.7. The van der Waals surface area contributed by atoms with Crippen LogP contribution < -0.4 is 16.4 Å². The van der Waals surface area contributed by atoms with Crippen LogP contribution in [-0.2, 0) is 30.5 Å². The Morgan fingerprint density at radius 3 is 1.48 bits per heavy atom. The highest BCUT2D eigenvalue weighted by Crippen LogP contribution is 2.37. The van der Waals surface area contributed by atoms with E-state index in [-0.39, 0.29) is 25.5 Å². The number of aliphatic hydroxyl groups excluding tert-OH is 3. The maximum Gasteiger partial charge on any atom is 0.408 e. The first kappa shape index (κ1) is 62.0. The van der Waals surface area contributed by atoms with Crippen molar-refractivity contribution < 1.29 is 44.0 Å². The molecule has 398 valence electrons. The summed E-state index contributed by atoms with van der Waals surface area (Å²) in [6.07, 6.45) is 31.3. The third kappa shape index (κ3) is 25.7. The lowest BCUT2D eigenvalue weighted by Crippen LogP contribution is -2.76. The Hall–Kier alpha value is -3.10. The van der Waals surface area contributed by atoms with Gasteiger partial charge in [-0.15, -0.1) is 0 Å². The number of hydrogen-bond donors (Lipinski definition) is 6. The summed E-state index contributed by atoms with van der Waals surface area (Å²) < 4.78 is 11.4. The average molecular weight is 973 g/mol. The number of rotatable bonds is 42. The normalized spacial score (nSPS) is 20.0. The third-order valence-corrected chi connectivity index (χ3v) is 14.0. The van der Waals surface area contributed by atoms with Crippen molar-refractivity contribution in [3.8, 4) is 0 Å². The highest BCUT2D eigenvalue weighted by molar-refractivity contribution is 5.94. The van der Waals surface area contributed by atoms with Crippen molar-refractivity contribution >= 4 is 23.7 Å². The lowest BCUT2D eigenvalue weighted by molar-refractivity contribution is -0.291. The van der Waals surface area contributed by atoms with Crippen LogP contribution in [0.5, 0.6) is 0 Å². The fraction of sp³-hybridized carbons (Fsp3) is 0.821. The van der Waals surface area contributed by atoms with Crippen LogP contribution in [0.2, 0.25) is 0 Å². The summed E-state index contributed by atoms with van der Waals surface area (Å²) in [4.78, 5) is 55.9. The summed E-state index contributed by atoms with van der Waals surface area (Å²) in [7, 11) is 0. The first-order valence-corrected chi connectivity index (χ1v) is 28.0. The van der Waals surface area contributed by atoms with Gasteiger partial charge in [0.15, 0.2) is 5.78 Å². The van der Waals surface area contributed by atoms with Gasteiger partial charge in [0.05, 0.1) is 18.8 Å². The number of nitrogens with one attached hydrogen (secondary N) is 2. The zero-order chi connectivity index (χ0) is 50.5. The molecule has 0 aromatic heterocycles. The first-order valence-electron chi connectivity index (χ1n) is 28.0. The zero-order valence-corrected chi connectivity index (χ0v) is 43.9. The molecule has 7 N–H and O–H groups in total. The van der Waals surface area contributed by atoms with Crippen LogP contribution in [0.15, 0.2) is 30.3 Å². The number of ether oxygens (including phenoxy) is 2. The fourth-order valence-corrected chi connectivity index (χ4v) is 9.58. The van der Waals surface area contributed by atoms with Crippen molar-refractivity contribution in [2.45, 2.75) is 276 Å². The van der Waals surface area contributed by atoms with Gasteiger partial charge < -0.3 is 40.3 Å². The minimum atomic E-state index is -2.24. The molecule has 1 fully saturated rings. The summed E-state index contributed by atoms with van der Waals surface area (Å²) >= 11 is 0. The summed E-state index contributed by atoms with van der Waals surface area (Å²) in [5.41, 5.74) is 7.83. The van der Waals surface area contributed by atoms with Crippen LogP contribution >= 0.6 is 0 Å². The van der Waals surface area contributed by atoms with E-state index in [1.165, 1.54) is 160 Å². The number of amides is 3. The molecule has 0 aliphatic carbocycles. The maximum absolute atomic E-state index is 14.4. The van der Waals surface area contributed by atoms with Crippen LogP contribution in [0.3, 0.4) is 0 Å². The van der Waals surface area contributed by atoms with Crippen LogP contribution in [-0.4, -0.2) is 93.3 Å². The molecule has 3 amide bonds. The van der Waals surface area contributed by atoms with Crippen LogP contribution in [0.25, 0.3) is 0 Å². The van der Waals surface area contributed by atoms with Crippen molar-refractivity contribution in [2.75, 3.05) is 13.2 Å². The second-order valence-electron chi connectivity index (χ2n) is 20.2. The van der Waals surface area contributed by atoms with Gasteiger partial charge in [0.1, 0.15) is 30.8 Å². The van der Waals surface area contributed by atoms with Gasteiger partial charge in [0.2, 0.25) is 17.7 Å². The predicted molar refractivity (Wildman–Crippen MR) is 277 cm³/mol. The lowest BCUT2D eigenvalue weighted by Gasteiger charge is -2.53. The molecular formula is C56H100N4O9. The van der Waals surface area contributed by atoms with Gasteiger partial charge in [-0.2, -0.15) is 0 Å². The van der Waals surface area contributed by atoms with Gasteiger partial charge in [0.25, 0.3) is 0 Å². The Bertz CT molecular complexity index is 1490. The number of unbranched alkanes of at least 4 members (excludes halogenated alkanes) is 29. The SMILES string of the molecule is CCCCCCCCCCCCCCCCCCN(C(=O)CCCCCCCCCCCCCCCCC)[C@]1(N)O[C@H](CO)[C@@H](O)[C@H](O)[C@H]1C(=O)[C@H](C)NC(=O)[C@@H](C)NC(=O)OCc1ccccc1. The van der Waals surface area contributed by atoms with Crippen LogP contribution in [0.1, 0.15) is 239 Å². The fourth-order valence-electron chi connectivity index (χ4n) is 9.58. The number of benzene rings is 1. The maximum atomic E-state index is 14.4. The molecule has 13 nitrogen and oxygen atoms in total. The Labute approximate surface area is 418 Å². The Morgan fingerprint density at radius 1 is 0.623 bits per heavy atom. The molecule has 1 aliphatic rings. The van der Waals surface area contributed by atoms with Crippen molar-refractivity contribution in [3.63, 3.8) is 0 Å². The van der Waals surface area contributed by atoms with E-state index in [9.17, 15) is 34.5 Å². The number of Topliss-reactive ketones (excluding diaryl/α,β-unsaturated/α-hetero) is 1. The number of carbonyl (C=O) groups excluding carboxylic acids is 4. The molecule has 0 saturated carbocycles. The number of nitrogens with zero attached hydrogens (tertiary/aromatic N) is 1. The summed E-state index contributed by atoms with van der Waals surface area (Å²) in [6.45, 7) is 6.78. The third-order valence-electron chi connectivity index (χ3n) is 14.0. The summed E-state index contributed by atoms with van der Waals surface area (Å²) in [5.74, 6) is -5.74. The van der Waals surface area contributed by atoms with E-state index in [4.69, 9.17) is 15.2 Å². The van der Waals surface area contributed by atoms with Gasteiger partial charge in [-0.05, 0) is 32.3 Å². The number of ketones is 1. The second kappa shape index (κ2) is 38.6. The predicted octanol–water partition coefficient (Wildman–Crippen LogP) is 11.1. The van der Waals surface area contributed by atoms with E-state index < -0.39 is 66.6 Å². The Balaban J connectivity index is 2.04. The van der Waals surface area contributed by atoms with Gasteiger partial charge in [0, 0.05) is 13.0 Å². The largest absolute Gasteiger partial charge is 0.445 e. The summed E-state index contributed by atoms with van der Waals surface area (Å²) in [5, 5.41) is 38.0. The molecule has 0 radical (unpaired) electrons. The van der Waals surface area contributed by atoms with Crippen molar-refractivity contribution in [1.29, 1.82) is 0 Å². The van der Waals surface area contributed by atoms with E-state index in [2.05, 4.69) is 24.5 Å². The van der Waals surface area contributed by atoms with Gasteiger partial charge in [-0.3, -0.25) is 20.1 Å². The van der Waals surface area contributed by atoms with Crippen molar-refractivity contribution in [3.05, 3.63) is 35.9 Å². The highest BCUT2D eigenvalue weighted by Gasteiger charge is 2.59. The number of carbonyl (C=O) groups is 4. The molecule has 2 rings (SSSR count). The molecular weight excluding hydrogens is 873 g/mol. The van der Waals surface area contributed by atoms with E-state index in [0.717, 1.165) is 50.5 Å². The number of aliphatic hydroxyl groups is 3. The average Bonchev–Trinajstić information content (AvgIpc) is 3.34. The number of nitrogens with two attached hydrogens (primary N) is 1. The number of alkyl carbamates (subject to hydrolysis) is 1. The van der Waals surface area contributed by atoms with Gasteiger partial charge in [-0.1, -0.05) is 230 Å². The highest BCUT2D eigenvalue weighted by atomic mass is 16.6. The van der Waals surface area contributed by atoms with Crippen molar-refractivity contribution in [1.82, 2.24) is 15.5 Å². The quantitative estimate of drug-likeness (QED) is 0.0270. The monoisotopic (exact) mass is 973 g/mol. The molecule has 0 bridgehead atoms. The van der Waals surface area contributed by atoms with Crippen LogP contribution in [0, 0.1) is 5.92 Å². The zero-order valence-electron chi connectivity index (χ0n) is 43.9. The van der Waals surface area contributed by atoms with Crippen molar-refractivity contribution in [2.24, 2.45) is 11.7 Å². The molecule has 13 heteroatoms. The summed E-state index contributed by atoms with van der Waals surface area (Å²) in [6, 6.07) is 6.69. The molecule has 69 heavy (non-hydrogen) atoms. The number of hydrogen-bond acceptors (Lipinski definition) is 10. The molecule has 0 spiro atoms. The lowest BCUT2D eigenvalue weighted by atomic mass is 9.80. The minimum absolute atomic E-state index is 0.000682. The molecule has 1 heterocycles. The van der Waals surface area contributed by atoms with Gasteiger partial charge >= 0.3 is 6.09 Å². The topological polar surface area (TPSA) is 201 Å². The molecule has 1 aromatic carbocycles. The smallest absolute Gasteiger partial charge is 0.408 e. The van der Waals surface area contributed by atoms with Gasteiger partial charge in [-0.25, -0.2) is 4.79 Å². The minimum Gasteiger partial charge on any atom is -0.445 e. The molecule has 0 unspecified atom stereocenters. The molecule has 1 aliphatic heterocycles. The van der Waals surface area contributed by atoms with E-state index >= 15 is 0 Å². The van der Waals surface area contributed by atoms with E-state index in [1.54, 1.807) is 12.1 Å². The van der Waals surface area contributed by atoms with Crippen LogP contribution in [0.4, 0.5) is 4.79 Å². The molecule has 1 saturated heterocycles.